The zero-order valence-corrected chi connectivity index (χ0v) is 18.0. The van der Waals surface area contributed by atoms with Gasteiger partial charge in [-0.15, -0.1) is 0 Å². The number of carbonyl (C=O) groups excluding carboxylic acids is 1. The predicted molar refractivity (Wildman–Crippen MR) is 124 cm³/mol. The van der Waals surface area contributed by atoms with E-state index in [1.54, 1.807) is 11.6 Å². The number of anilines is 2. The lowest BCUT2D eigenvalue weighted by Crippen LogP contribution is -2.09. The number of hydrogen-bond acceptors (Lipinski definition) is 6. The van der Waals surface area contributed by atoms with Gasteiger partial charge in [0.1, 0.15) is 17.8 Å². The van der Waals surface area contributed by atoms with Gasteiger partial charge in [0.2, 0.25) is 5.91 Å². The molecule has 32 heavy (non-hydrogen) atoms. The summed E-state index contributed by atoms with van der Waals surface area (Å²) in [7, 11) is 1.93. The summed E-state index contributed by atoms with van der Waals surface area (Å²) in [5.41, 5.74) is 10.9. The van der Waals surface area contributed by atoms with Crippen molar-refractivity contribution in [2.75, 3.05) is 11.1 Å². The average Bonchev–Trinajstić information content (AvgIpc) is 3.29. The molecular formula is C23H25N7O2. The van der Waals surface area contributed by atoms with E-state index in [0.29, 0.717) is 41.2 Å². The van der Waals surface area contributed by atoms with E-state index in [4.69, 9.17) is 10.8 Å². The number of carbonyl (C=O) groups is 1. The summed E-state index contributed by atoms with van der Waals surface area (Å²) in [6.45, 7) is 5.65. The van der Waals surface area contributed by atoms with E-state index in [2.05, 4.69) is 21.9 Å². The summed E-state index contributed by atoms with van der Waals surface area (Å²) in [6, 6.07) is 9.46. The van der Waals surface area contributed by atoms with Crippen LogP contribution in [0.15, 0.2) is 55.5 Å². The summed E-state index contributed by atoms with van der Waals surface area (Å²) in [5, 5.41) is 18.2. The monoisotopic (exact) mass is 431 g/mol. The number of aliphatic hydroxyl groups is 1. The van der Waals surface area contributed by atoms with E-state index in [1.165, 1.54) is 12.4 Å². The summed E-state index contributed by atoms with van der Waals surface area (Å²) in [6.07, 6.45) is 4.56. The van der Waals surface area contributed by atoms with Crippen LogP contribution in [0.2, 0.25) is 0 Å². The van der Waals surface area contributed by atoms with Crippen molar-refractivity contribution in [1.29, 1.82) is 0 Å². The molecule has 0 saturated carbocycles. The van der Waals surface area contributed by atoms with E-state index < -0.39 is 6.10 Å². The first-order valence-electron chi connectivity index (χ1n) is 10.2. The minimum absolute atomic E-state index is 0.274. The Morgan fingerprint density at radius 3 is 2.91 bits per heavy atom. The number of hydrogen-bond donors (Lipinski definition) is 3. The normalized spacial score (nSPS) is 12.1. The Labute approximate surface area is 185 Å². The number of nitrogen functional groups attached to an aromatic ring is 1. The molecule has 4 rings (SSSR count). The van der Waals surface area contributed by atoms with E-state index in [-0.39, 0.29) is 5.91 Å². The summed E-state index contributed by atoms with van der Waals surface area (Å²) >= 11 is 0. The third-order valence-electron chi connectivity index (χ3n) is 5.22. The molecule has 1 aromatic carbocycles. The van der Waals surface area contributed by atoms with E-state index in [9.17, 15) is 9.90 Å². The van der Waals surface area contributed by atoms with Crippen LogP contribution in [0.3, 0.4) is 0 Å². The van der Waals surface area contributed by atoms with Crippen LogP contribution in [-0.2, 0) is 24.8 Å². The Balaban J connectivity index is 1.79. The molecule has 0 aliphatic rings. The highest BCUT2D eigenvalue weighted by molar-refractivity contribution is 5.99. The van der Waals surface area contributed by atoms with E-state index >= 15 is 0 Å². The molecule has 9 nitrogen and oxygen atoms in total. The lowest BCUT2D eigenvalue weighted by molar-refractivity contribution is -0.111. The summed E-state index contributed by atoms with van der Waals surface area (Å²) in [5.74, 6) is 0.0688. The number of rotatable bonds is 7. The standard InChI is InChI=1S/C23H25N7O2/c1-4-19(32)27-16-7-5-6-15(11-16)12-30-23-20(22(24)25-13-26-23)21(28-30)17-8-9-29(3)18(17)10-14(2)31/h4-9,11,13-14,31H,1,10,12H2,2-3H3,(H,27,32)(H2,24,25,26). The van der Waals surface area contributed by atoms with Crippen molar-refractivity contribution in [1.82, 2.24) is 24.3 Å². The second-order valence-corrected chi connectivity index (χ2v) is 7.70. The zero-order valence-electron chi connectivity index (χ0n) is 18.0. The second kappa shape index (κ2) is 8.64. The van der Waals surface area contributed by atoms with Gasteiger partial charge in [-0.25, -0.2) is 14.6 Å². The maximum atomic E-state index is 11.6. The van der Waals surface area contributed by atoms with Gasteiger partial charge in [0.25, 0.3) is 0 Å². The van der Waals surface area contributed by atoms with Gasteiger partial charge in [0.05, 0.1) is 18.0 Å². The molecule has 0 aliphatic heterocycles. The van der Waals surface area contributed by atoms with Crippen molar-refractivity contribution in [3.8, 4) is 11.3 Å². The summed E-state index contributed by atoms with van der Waals surface area (Å²) < 4.78 is 3.74. The van der Waals surface area contributed by atoms with Gasteiger partial charge >= 0.3 is 0 Å². The Kier molecular flexibility index (Phi) is 5.74. The molecule has 0 saturated heterocycles. The SMILES string of the molecule is C=CC(=O)Nc1cccc(Cn2nc(-c3ccn(C)c3CC(C)O)c3c(N)ncnc32)c1. The molecule has 4 N–H and O–H groups in total. The molecule has 9 heteroatoms. The van der Waals surface area contributed by atoms with Crippen LogP contribution in [0.1, 0.15) is 18.2 Å². The zero-order chi connectivity index (χ0) is 22.8. The largest absolute Gasteiger partial charge is 0.393 e. The molecule has 0 spiro atoms. The first-order valence-corrected chi connectivity index (χ1v) is 10.2. The lowest BCUT2D eigenvalue weighted by Gasteiger charge is -2.09. The molecule has 1 amide bonds. The van der Waals surface area contributed by atoms with Crippen molar-refractivity contribution in [2.45, 2.75) is 26.0 Å². The number of nitrogens with zero attached hydrogens (tertiary/aromatic N) is 5. The van der Waals surface area contributed by atoms with Gasteiger partial charge in [-0.2, -0.15) is 5.10 Å². The van der Waals surface area contributed by atoms with E-state index in [1.807, 2.05) is 48.1 Å². The number of aryl methyl sites for hydroxylation is 1. The van der Waals surface area contributed by atoms with Gasteiger partial charge in [0, 0.05) is 36.6 Å². The van der Waals surface area contributed by atoms with Crippen LogP contribution >= 0.6 is 0 Å². The smallest absolute Gasteiger partial charge is 0.247 e. The Morgan fingerprint density at radius 2 is 2.16 bits per heavy atom. The first kappa shape index (κ1) is 21.3. The molecule has 1 unspecified atom stereocenters. The minimum atomic E-state index is -0.502. The molecule has 0 fully saturated rings. The molecule has 3 aromatic heterocycles. The fourth-order valence-electron chi connectivity index (χ4n) is 3.75. The second-order valence-electron chi connectivity index (χ2n) is 7.70. The molecule has 3 heterocycles. The molecular weight excluding hydrogens is 406 g/mol. The van der Waals surface area contributed by atoms with E-state index in [0.717, 1.165) is 16.8 Å². The van der Waals surface area contributed by atoms with Crippen LogP contribution in [0.25, 0.3) is 22.3 Å². The maximum Gasteiger partial charge on any atom is 0.247 e. The minimum Gasteiger partial charge on any atom is -0.393 e. The molecule has 0 bridgehead atoms. The number of nitrogens with two attached hydrogens (primary N) is 1. The fraction of sp³-hybridized carbons (Fsp3) is 0.217. The number of benzene rings is 1. The van der Waals surface area contributed by atoms with Crippen LogP contribution in [0.5, 0.6) is 0 Å². The number of amides is 1. The van der Waals surface area contributed by atoms with Crippen LogP contribution in [-0.4, -0.2) is 41.4 Å². The van der Waals surface area contributed by atoms with Crippen molar-refractivity contribution < 1.29 is 9.90 Å². The maximum absolute atomic E-state index is 11.6. The molecule has 0 radical (unpaired) electrons. The van der Waals surface area contributed by atoms with Crippen molar-refractivity contribution in [2.24, 2.45) is 7.05 Å². The highest BCUT2D eigenvalue weighted by Crippen LogP contribution is 2.33. The highest BCUT2D eigenvalue weighted by atomic mass is 16.3. The van der Waals surface area contributed by atoms with Crippen LogP contribution < -0.4 is 11.1 Å². The quantitative estimate of drug-likeness (QED) is 0.386. The Hall–Kier alpha value is -3.98. The number of nitrogens with one attached hydrogen (secondary N) is 1. The van der Waals surface area contributed by atoms with Crippen LogP contribution in [0, 0.1) is 0 Å². The molecule has 4 aromatic rings. The number of aliphatic hydroxyl groups excluding tert-OH is 1. The Bertz CT molecular complexity index is 1300. The van der Waals surface area contributed by atoms with Crippen molar-refractivity contribution in [3.05, 3.63) is 66.8 Å². The molecule has 164 valence electrons. The molecule has 1 atom stereocenters. The topological polar surface area (TPSA) is 124 Å². The van der Waals surface area contributed by atoms with Gasteiger partial charge in [-0.3, -0.25) is 4.79 Å². The predicted octanol–water partition coefficient (Wildman–Crippen LogP) is 2.51. The fourth-order valence-corrected chi connectivity index (χ4v) is 3.75. The highest BCUT2D eigenvalue weighted by Gasteiger charge is 2.21. The number of aromatic nitrogens is 5. The third-order valence-corrected chi connectivity index (χ3v) is 5.22. The molecule has 0 aliphatic carbocycles. The third kappa shape index (κ3) is 4.10. The van der Waals surface area contributed by atoms with Gasteiger partial charge in [-0.05, 0) is 36.8 Å². The van der Waals surface area contributed by atoms with Crippen LogP contribution in [0.4, 0.5) is 11.5 Å². The first-order chi connectivity index (χ1) is 15.4. The van der Waals surface area contributed by atoms with Gasteiger partial charge in [-0.1, -0.05) is 18.7 Å². The Morgan fingerprint density at radius 1 is 1.34 bits per heavy atom. The van der Waals surface area contributed by atoms with Crippen molar-refractivity contribution in [3.63, 3.8) is 0 Å². The van der Waals surface area contributed by atoms with Crippen molar-refractivity contribution >= 4 is 28.4 Å². The average molecular weight is 432 g/mol. The van der Waals surface area contributed by atoms with Gasteiger partial charge < -0.3 is 20.7 Å². The summed E-state index contributed by atoms with van der Waals surface area (Å²) in [4.78, 5) is 20.2. The van der Waals surface area contributed by atoms with Gasteiger partial charge in [0.15, 0.2) is 5.65 Å². The lowest BCUT2D eigenvalue weighted by atomic mass is 10.1. The number of fused-ring (bicyclic) bond motifs is 1.